The molecule has 1 aliphatic heterocycles. The number of carboxylic acid groups (broad SMARTS) is 1. The summed E-state index contributed by atoms with van der Waals surface area (Å²) in [5.41, 5.74) is -1.18. The fourth-order valence-electron chi connectivity index (χ4n) is 2.89. The number of hydrogen-bond acceptors (Lipinski definition) is 4. The molecule has 1 amide bonds. The van der Waals surface area contributed by atoms with E-state index in [9.17, 15) is 27.9 Å². The first-order valence-corrected chi connectivity index (χ1v) is 7.74. The Balaban J connectivity index is 2.21. The van der Waals surface area contributed by atoms with Crippen molar-refractivity contribution in [2.45, 2.75) is 26.4 Å². The first-order valence-electron chi connectivity index (χ1n) is 7.74. The first-order chi connectivity index (χ1) is 11.6. The summed E-state index contributed by atoms with van der Waals surface area (Å²) in [4.78, 5) is 29.3. The Morgan fingerprint density at radius 2 is 2.12 bits per heavy atom. The zero-order valence-electron chi connectivity index (χ0n) is 13.8. The molecular formula is C16H19F3N2O4. The van der Waals surface area contributed by atoms with Gasteiger partial charge in [-0.25, -0.2) is 4.98 Å². The number of amides is 1. The minimum absolute atomic E-state index is 0.00750. The summed E-state index contributed by atoms with van der Waals surface area (Å²) in [6, 6.07) is 2.73. The van der Waals surface area contributed by atoms with Crippen molar-refractivity contribution in [2.75, 3.05) is 19.7 Å². The van der Waals surface area contributed by atoms with Gasteiger partial charge in [-0.15, -0.1) is 0 Å². The van der Waals surface area contributed by atoms with Gasteiger partial charge in [-0.05, 0) is 24.5 Å². The van der Waals surface area contributed by atoms with E-state index in [1.165, 1.54) is 23.2 Å². The number of hydrogen-bond donors (Lipinski definition) is 1. The van der Waals surface area contributed by atoms with E-state index in [2.05, 4.69) is 9.72 Å². The number of nitrogens with zero attached hydrogens (tertiary/aromatic N) is 2. The average Bonchev–Trinajstić information content (AvgIpc) is 2.98. The van der Waals surface area contributed by atoms with Crippen LogP contribution in [0, 0.1) is 11.3 Å². The Bertz CT molecular complexity index is 663. The van der Waals surface area contributed by atoms with Gasteiger partial charge in [-0.3, -0.25) is 9.59 Å². The molecular weight excluding hydrogens is 341 g/mol. The van der Waals surface area contributed by atoms with Gasteiger partial charge in [0.15, 0.2) is 6.61 Å². The highest BCUT2D eigenvalue weighted by Crippen LogP contribution is 2.39. The van der Waals surface area contributed by atoms with Crippen molar-refractivity contribution < 1.29 is 32.6 Å². The summed E-state index contributed by atoms with van der Waals surface area (Å²) < 4.78 is 41.7. The van der Waals surface area contributed by atoms with Crippen LogP contribution >= 0.6 is 0 Å². The number of aromatic nitrogens is 1. The minimum atomic E-state index is -4.55. The molecule has 6 nitrogen and oxygen atoms in total. The number of rotatable bonds is 5. The summed E-state index contributed by atoms with van der Waals surface area (Å²) in [6.45, 7) is 2.17. The van der Waals surface area contributed by atoms with Crippen molar-refractivity contribution in [2.24, 2.45) is 11.3 Å². The molecule has 0 aromatic carbocycles. The molecule has 2 heterocycles. The number of pyridine rings is 1. The molecule has 1 atom stereocenters. The molecule has 1 saturated heterocycles. The number of carboxylic acids is 1. The quantitative estimate of drug-likeness (QED) is 0.873. The highest BCUT2D eigenvalue weighted by Gasteiger charge is 2.48. The molecule has 0 saturated carbocycles. The lowest BCUT2D eigenvalue weighted by molar-refractivity contribution is -0.154. The molecule has 1 fully saturated rings. The van der Waals surface area contributed by atoms with Crippen LogP contribution in [0.3, 0.4) is 0 Å². The largest absolute Gasteiger partial charge is 0.481 e. The number of alkyl halides is 3. The third kappa shape index (κ3) is 4.02. The molecule has 0 aliphatic carbocycles. The van der Waals surface area contributed by atoms with Crippen LogP contribution in [0.4, 0.5) is 13.2 Å². The number of carbonyl (C=O) groups is 2. The number of ether oxygens (including phenoxy) is 1. The number of likely N-dealkylation sites (tertiary alicyclic amines) is 1. The Labute approximate surface area is 142 Å². The summed E-state index contributed by atoms with van der Waals surface area (Å²) in [7, 11) is 0. The highest BCUT2D eigenvalue weighted by molar-refractivity contribution is 5.97. The van der Waals surface area contributed by atoms with E-state index in [1.807, 2.05) is 0 Å². The molecule has 0 bridgehead atoms. The van der Waals surface area contributed by atoms with Crippen molar-refractivity contribution in [3.8, 4) is 5.88 Å². The molecule has 1 unspecified atom stereocenters. The average molecular weight is 360 g/mol. The predicted octanol–water partition coefficient (Wildman–Crippen LogP) is 2.60. The monoisotopic (exact) mass is 360 g/mol. The van der Waals surface area contributed by atoms with Crippen molar-refractivity contribution in [3.05, 3.63) is 23.9 Å². The van der Waals surface area contributed by atoms with E-state index in [-0.39, 0.29) is 31.0 Å². The van der Waals surface area contributed by atoms with E-state index >= 15 is 0 Å². The van der Waals surface area contributed by atoms with Crippen LogP contribution < -0.4 is 4.74 Å². The van der Waals surface area contributed by atoms with Gasteiger partial charge in [0, 0.05) is 19.3 Å². The normalized spacial score (nSPS) is 20.8. The standard InChI is InChI=1S/C16H19F3N2O4/c1-10(2)15(14(23)24)5-7-21(8-15)13(22)11-4-3-6-20-12(11)25-9-16(17,18)19/h3-4,6,10H,5,7-9H2,1-2H3,(H,23,24). The molecule has 1 aromatic rings. The molecule has 1 N–H and O–H groups in total. The molecule has 9 heteroatoms. The number of halogens is 3. The Morgan fingerprint density at radius 3 is 2.64 bits per heavy atom. The maximum Gasteiger partial charge on any atom is 0.422 e. The van der Waals surface area contributed by atoms with Crippen molar-refractivity contribution in [1.29, 1.82) is 0 Å². The van der Waals surface area contributed by atoms with Crippen LogP contribution in [0.25, 0.3) is 0 Å². The fourth-order valence-corrected chi connectivity index (χ4v) is 2.89. The minimum Gasteiger partial charge on any atom is -0.481 e. The summed E-state index contributed by atoms with van der Waals surface area (Å²) in [5, 5.41) is 9.53. The third-order valence-corrected chi connectivity index (χ3v) is 4.49. The maximum absolute atomic E-state index is 12.7. The van der Waals surface area contributed by atoms with Crippen LogP contribution in [0.2, 0.25) is 0 Å². The summed E-state index contributed by atoms with van der Waals surface area (Å²) in [6.07, 6.45) is -3.05. The van der Waals surface area contributed by atoms with Gasteiger partial charge in [-0.2, -0.15) is 13.2 Å². The van der Waals surface area contributed by atoms with E-state index in [1.54, 1.807) is 13.8 Å². The highest BCUT2D eigenvalue weighted by atomic mass is 19.4. The molecule has 25 heavy (non-hydrogen) atoms. The molecule has 2 rings (SSSR count). The molecule has 1 aliphatic rings. The Kier molecular flexibility index (Phi) is 5.24. The van der Waals surface area contributed by atoms with Crippen molar-refractivity contribution in [3.63, 3.8) is 0 Å². The lowest BCUT2D eigenvalue weighted by Gasteiger charge is -2.28. The third-order valence-electron chi connectivity index (χ3n) is 4.49. The van der Waals surface area contributed by atoms with E-state index < -0.39 is 36.0 Å². The van der Waals surface area contributed by atoms with Gasteiger partial charge in [0.2, 0.25) is 5.88 Å². The van der Waals surface area contributed by atoms with E-state index in [0.717, 1.165) is 0 Å². The van der Waals surface area contributed by atoms with Crippen LogP contribution in [-0.4, -0.2) is 52.7 Å². The lowest BCUT2D eigenvalue weighted by atomic mass is 9.76. The Hall–Kier alpha value is -2.32. The van der Waals surface area contributed by atoms with Gasteiger partial charge in [0.1, 0.15) is 5.56 Å². The fraction of sp³-hybridized carbons (Fsp3) is 0.562. The Morgan fingerprint density at radius 1 is 1.44 bits per heavy atom. The molecule has 138 valence electrons. The smallest absolute Gasteiger partial charge is 0.422 e. The van der Waals surface area contributed by atoms with Crippen LogP contribution in [0.15, 0.2) is 18.3 Å². The second-order valence-electron chi connectivity index (χ2n) is 6.35. The maximum atomic E-state index is 12.7. The van der Waals surface area contributed by atoms with Gasteiger partial charge >= 0.3 is 12.1 Å². The number of carbonyl (C=O) groups excluding carboxylic acids is 1. The van der Waals surface area contributed by atoms with E-state index in [4.69, 9.17) is 0 Å². The zero-order chi connectivity index (χ0) is 18.8. The van der Waals surface area contributed by atoms with Gasteiger partial charge in [0.25, 0.3) is 5.91 Å². The predicted molar refractivity (Wildman–Crippen MR) is 81.2 cm³/mol. The van der Waals surface area contributed by atoms with Crippen molar-refractivity contribution >= 4 is 11.9 Å². The zero-order valence-corrected chi connectivity index (χ0v) is 13.8. The van der Waals surface area contributed by atoms with Gasteiger partial charge in [0.05, 0.1) is 5.41 Å². The van der Waals surface area contributed by atoms with E-state index in [0.29, 0.717) is 0 Å². The van der Waals surface area contributed by atoms with Crippen molar-refractivity contribution in [1.82, 2.24) is 9.88 Å². The topological polar surface area (TPSA) is 79.7 Å². The molecule has 0 radical (unpaired) electrons. The van der Waals surface area contributed by atoms with Crippen LogP contribution in [-0.2, 0) is 4.79 Å². The second-order valence-corrected chi connectivity index (χ2v) is 6.35. The first kappa shape index (κ1) is 19.0. The van der Waals surface area contributed by atoms with Gasteiger partial charge < -0.3 is 14.7 Å². The number of aliphatic carboxylic acids is 1. The van der Waals surface area contributed by atoms with Crippen LogP contribution in [0.1, 0.15) is 30.6 Å². The molecule has 0 spiro atoms. The summed E-state index contributed by atoms with van der Waals surface area (Å²) in [5.74, 6) is -2.19. The lowest BCUT2D eigenvalue weighted by Crippen LogP contribution is -2.40. The summed E-state index contributed by atoms with van der Waals surface area (Å²) >= 11 is 0. The van der Waals surface area contributed by atoms with Crippen LogP contribution in [0.5, 0.6) is 5.88 Å². The molecule has 1 aromatic heterocycles. The SMILES string of the molecule is CC(C)C1(C(=O)O)CCN(C(=O)c2cccnc2OCC(F)(F)F)C1. The second kappa shape index (κ2) is 6.89. The van der Waals surface area contributed by atoms with Gasteiger partial charge in [-0.1, -0.05) is 13.8 Å².